The first-order valence-electron chi connectivity index (χ1n) is 14.5. The number of nitrogens with zero attached hydrogens (tertiary/aromatic N) is 3. The van der Waals surface area contributed by atoms with Gasteiger partial charge in [0.1, 0.15) is 0 Å². The first-order chi connectivity index (χ1) is 20.7. The molecule has 1 aliphatic rings. The lowest BCUT2D eigenvalue weighted by molar-refractivity contribution is 0.272. The van der Waals surface area contributed by atoms with Crippen LogP contribution in [0.1, 0.15) is 29.5 Å². The highest BCUT2D eigenvalue weighted by Gasteiger charge is 2.33. The van der Waals surface area contributed by atoms with E-state index in [1.165, 1.54) is 12.9 Å². The van der Waals surface area contributed by atoms with Crippen LogP contribution in [0.15, 0.2) is 87.5 Å². The van der Waals surface area contributed by atoms with E-state index in [1.54, 1.807) is 72.8 Å². The van der Waals surface area contributed by atoms with Crippen LogP contribution in [0, 0.1) is 26.7 Å². The minimum absolute atomic E-state index is 0.0235. The molecule has 1 aliphatic heterocycles. The first kappa shape index (κ1) is 34.6. The second kappa shape index (κ2) is 14.4. The van der Waals surface area contributed by atoms with Gasteiger partial charge in [0.05, 0.1) is 14.7 Å². The van der Waals surface area contributed by atoms with Crippen LogP contribution in [-0.4, -0.2) is 83.3 Å². The predicted molar refractivity (Wildman–Crippen MR) is 173 cm³/mol. The van der Waals surface area contributed by atoms with Gasteiger partial charge < -0.3 is 0 Å². The van der Waals surface area contributed by atoms with Crippen molar-refractivity contribution in [2.75, 3.05) is 45.1 Å². The van der Waals surface area contributed by atoms with Gasteiger partial charge in [0.15, 0.2) is 0 Å². The van der Waals surface area contributed by atoms with Crippen molar-refractivity contribution < 1.29 is 25.3 Å². The monoisotopic (exact) mass is 681 g/mol. The number of hydrogen-bond donors (Lipinski definition) is 0. The molecule has 0 amide bonds. The van der Waals surface area contributed by atoms with E-state index < -0.39 is 36.0 Å². The second-order valence-corrected chi connectivity index (χ2v) is 17.4. The summed E-state index contributed by atoms with van der Waals surface area (Å²) in [7, 11) is -11.9. The molecule has 1 fully saturated rings. The normalized spacial score (nSPS) is 18.0. The Morgan fingerprint density at radius 2 is 0.795 bits per heavy atom. The molecular weight excluding hydrogens is 642 g/mol. The number of benzene rings is 3. The minimum Gasteiger partial charge on any atom is -0.207 e. The van der Waals surface area contributed by atoms with E-state index in [1.807, 2.05) is 20.8 Å². The third-order valence-electron chi connectivity index (χ3n) is 7.75. The summed E-state index contributed by atoms with van der Waals surface area (Å²) in [6.07, 6.45) is 0.493. The smallest absolute Gasteiger partial charge is 0.207 e. The van der Waals surface area contributed by atoms with E-state index in [0.717, 1.165) is 16.7 Å². The maximum absolute atomic E-state index is 13.9. The maximum Gasteiger partial charge on any atom is 0.243 e. The first-order valence-corrected chi connectivity index (χ1v) is 19.4. The van der Waals surface area contributed by atoms with Crippen LogP contribution in [0.4, 0.5) is 0 Å². The minimum atomic E-state index is -3.99. The molecule has 0 aliphatic carbocycles. The SMILES string of the molecule is Cc1ccc(S(=O)(=O)N2CCCN(S(=O)(=O)c3ccc(C)cc3)CC(CCl)CN(S(=O)(=O)c3ccc(C)cc3)CCC2)cc1. The van der Waals surface area contributed by atoms with Crippen LogP contribution in [0.25, 0.3) is 0 Å². The van der Waals surface area contributed by atoms with Crippen LogP contribution in [0.5, 0.6) is 0 Å². The molecule has 0 saturated carbocycles. The summed E-state index contributed by atoms with van der Waals surface area (Å²) in [6, 6.07) is 19.6. The van der Waals surface area contributed by atoms with Crippen molar-refractivity contribution in [3.8, 4) is 0 Å². The van der Waals surface area contributed by atoms with Crippen molar-refractivity contribution in [1.82, 2.24) is 12.9 Å². The molecule has 44 heavy (non-hydrogen) atoms. The number of sulfonamides is 3. The van der Waals surface area contributed by atoms with E-state index >= 15 is 0 Å². The Morgan fingerprint density at radius 1 is 0.523 bits per heavy atom. The van der Waals surface area contributed by atoms with E-state index in [0.29, 0.717) is 0 Å². The van der Waals surface area contributed by atoms with E-state index in [9.17, 15) is 25.3 Å². The van der Waals surface area contributed by atoms with E-state index in [4.69, 9.17) is 11.6 Å². The standard InChI is InChI=1S/C31H40ClN3O6S3/c1-25-6-12-29(13-7-25)42(36,37)33-18-4-20-34(43(38,39)30-14-8-26(2)9-15-30)23-28(22-32)24-35(21-5-19-33)44(40,41)31-16-10-27(3)11-17-31/h6-17,28H,4-5,18-24H2,1-3H3. The van der Waals surface area contributed by atoms with Gasteiger partial charge in [-0.2, -0.15) is 12.9 Å². The zero-order chi connectivity index (χ0) is 32.1. The summed E-state index contributed by atoms with van der Waals surface area (Å²) in [4.78, 5) is 0.347. The zero-order valence-corrected chi connectivity index (χ0v) is 28.5. The summed E-state index contributed by atoms with van der Waals surface area (Å²) in [6.45, 7) is 5.74. The van der Waals surface area contributed by atoms with E-state index in [2.05, 4.69) is 0 Å². The largest absolute Gasteiger partial charge is 0.243 e. The Morgan fingerprint density at radius 3 is 1.09 bits per heavy atom. The second-order valence-electron chi connectivity index (χ2n) is 11.3. The Labute approximate surface area is 267 Å². The van der Waals surface area contributed by atoms with Crippen molar-refractivity contribution in [2.24, 2.45) is 5.92 Å². The molecule has 1 heterocycles. The Balaban J connectivity index is 1.73. The fourth-order valence-electron chi connectivity index (χ4n) is 5.13. The van der Waals surface area contributed by atoms with Crippen molar-refractivity contribution >= 4 is 41.7 Å². The number of alkyl halides is 1. The third-order valence-corrected chi connectivity index (χ3v) is 13.9. The molecule has 0 N–H and O–H groups in total. The fraction of sp³-hybridized carbons (Fsp3) is 0.419. The molecule has 3 aromatic rings. The molecule has 9 nitrogen and oxygen atoms in total. The highest BCUT2D eigenvalue weighted by atomic mass is 35.5. The average Bonchev–Trinajstić information content (AvgIpc) is 2.97. The molecule has 3 aromatic carbocycles. The Kier molecular flexibility index (Phi) is 11.3. The van der Waals surface area contributed by atoms with Crippen molar-refractivity contribution in [3.05, 3.63) is 89.5 Å². The molecule has 0 bridgehead atoms. The fourth-order valence-corrected chi connectivity index (χ4v) is 9.95. The highest BCUT2D eigenvalue weighted by molar-refractivity contribution is 7.89. The van der Waals surface area contributed by atoms with E-state index in [-0.39, 0.29) is 72.7 Å². The molecule has 1 saturated heterocycles. The summed E-state index contributed by atoms with van der Waals surface area (Å²) in [5.74, 6) is -0.475. The highest BCUT2D eigenvalue weighted by Crippen LogP contribution is 2.25. The van der Waals surface area contributed by atoms with Gasteiger partial charge in [-0.25, -0.2) is 25.3 Å². The summed E-state index contributed by atoms with van der Waals surface area (Å²) < 4.78 is 86.8. The van der Waals surface area contributed by atoms with Gasteiger partial charge in [0.2, 0.25) is 30.1 Å². The lowest BCUT2D eigenvalue weighted by Gasteiger charge is -2.32. The predicted octanol–water partition coefficient (Wildman–Crippen LogP) is 4.63. The van der Waals surface area contributed by atoms with Crippen LogP contribution in [0.3, 0.4) is 0 Å². The summed E-state index contributed by atoms with van der Waals surface area (Å²) >= 11 is 6.37. The van der Waals surface area contributed by atoms with Gasteiger partial charge in [-0.1, -0.05) is 53.1 Å². The van der Waals surface area contributed by atoms with Crippen molar-refractivity contribution in [2.45, 2.75) is 48.3 Å². The molecule has 0 unspecified atom stereocenters. The molecule has 4 rings (SSSR count). The van der Waals surface area contributed by atoms with Crippen LogP contribution >= 0.6 is 11.6 Å². The summed E-state index contributed by atoms with van der Waals surface area (Å²) in [5.41, 5.74) is 2.73. The topological polar surface area (TPSA) is 112 Å². The molecule has 0 radical (unpaired) electrons. The Bertz CT molecular complexity index is 1640. The average molecular weight is 682 g/mol. The van der Waals surface area contributed by atoms with Gasteiger partial charge in [-0.3, -0.25) is 0 Å². The van der Waals surface area contributed by atoms with Crippen molar-refractivity contribution in [1.29, 1.82) is 0 Å². The van der Waals surface area contributed by atoms with Gasteiger partial charge >= 0.3 is 0 Å². The number of aryl methyl sites for hydroxylation is 3. The number of halogens is 1. The van der Waals surface area contributed by atoms with Gasteiger partial charge in [0.25, 0.3) is 0 Å². The Hall–Kier alpha value is -2.32. The van der Waals surface area contributed by atoms with Gasteiger partial charge in [0, 0.05) is 51.1 Å². The molecule has 0 aromatic heterocycles. The molecule has 0 spiro atoms. The molecule has 0 atom stereocenters. The van der Waals surface area contributed by atoms with Crippen LogP contribution in [-0.2, 0) is 30.1 Å². The maximum atomic E-state index is 13.9. The molecule has 13 heteroatoms. The third kappa shape index (κ3) is 8.09. The van der Waals surface area contributed by atoms with Gasteiger partial charge in [-0.05, 0) is 70.0 Å². The summed E-state index contributed by atoms with van der Waals surface area (Å²) in [5, 5.41) is 0. The van der Waals surface area contributed by atoms with Crippen molar-refractivity contribution in [3.63, 3.8) is 0 Å². The molecule has 240 valence electrons. The quantitative estimate of drug-likeness (QED) is 0.336. The lowest BCUT2D eigenvalue weighted by Crippen LogP contribution is -2.45. The van der Waals surface area contributed by atoms with Crippen LogP contribution < -0.4 is 0 Å². The molecular formula is C31H40ClN3O6S3. The number of rotatable bonds is 7. The number of hydrogen-bond acceptors (Lipinski definition) is 6. The zero-order valence-electron chi connectivity index (χ0n) is 25.3. The van der Waals surface area contributed by atoms with Gasteiger partial charge in [-0.15, -0.1) is 11.6 Å². The van der Waals surface area contributed by atoms with Crippen LogP contribution in [0.2, 0.25) is 0 Å². The lowest BCUT2D eigenvalue weighted by atomic mass is 10.1.